The minimum atomic E-state index is 0.797. The molecule has 0 saturated heterocycles. The lowest BCUT2D eigenvalue weighted by Gasteiger charge is -2.20. The first-order valence-corrected chi connectivity index (χ1v) is 7.97. The molecule has 1 aromatic rings. The van der Waals surface area contributed by atoms with Gasteiger partial charge in [0.25, 0.3) is 0 Å². The maximum absolute atomic E-state index is 3.87. The number of nitrogens with zero attached hydrogens (tertiary/aromatic N) is 1. The third-order valence-electron chi connectivity index (χ3n) is 3.85. The summed E-state index contributed by atoms with van der Waals surface area (Å²) in [7, 11) is 0. The molecule has 2 heteroatoms. The number of benzene rings is 1. The average molecular weight is 272 g/mol. The van der Waals surface area contributed by atoms with Crippen LogP contribution in [-0.2, 0) is 13.0 Å². The summed E-state index contributed by atoms with van der Waals surface area (Å²) in [6.45, 7) is 10.3. The Bertz CT molecular complexity index is 392. The van der Waals surface area contributed by atoms with Crippen LogP contribution in [0.2, 0.25) is 0 Å². The van der Waals surface area contributed by atoms with Crippen molar-refractivity contribution in [3.8, 4) is 0 Å². The van der Waals surface area contributed by atoms with Crippen LogP contribution in [0.25, 0.3) is 0 Å². The molecule has 1 aliphatic rings. The molecule has 2 nitrogen and oxygen atoms in total. The van der Waals surface area contributed by atoms with Crippen molar-refractivity contribution in [1.29, 1.82) is 0 Å². The average Bonchev–Trinajstić information content (AvgIpc) is 3.29. The highest BCUT2D eigenvalue weighted by atomic mass is 15.2. The maximum atomic E-state index is 3.87. The lowest BCUT2D eigenvalue weighted by atomic mass is 10.1. The van der Waals surface area contributed by atoms with E-state index in [0.717, 1.165) is 38.6 Å². The van der Waals surface area contributed by atoms with Crippen LogP contribution in [0.5, 0.6) is 0 Å². The molecule has 20 heavy (non-hydrogen) atoms. The summed E-state index contributed by atoms with van der Waals surface area (Å²) in [6.07, 6.45) is 7.06. The van der Waals surface area contributed by atoms with Crippen molar-refractivity contribution in [2.75, 3.05) is 19.6 Å². The molecule has 1 fully saturated rings. The summed E-state index contributed by atoms with van der Waals surface area (Å²) in [5.41, 5.74) is 2.85. The van der Waals surface area contributed by atoms with E-state index in [1.165, 1.54) is 30.4 Å². The van der Waals surface area contributed by atoms with Crippen molar-refractivity contribution in [3.63, 3.8) is 0 Å². The van der Waals surface area contributed by atoms with Crippen LogP contribution in [0.1, 0.15) is 37.3 Å². The van der Waals surface area contributed by atoms with Gasteiger partial charge in [0.05, 0.1) is 0 Å². The Morgan fingerprint density at radius 3 is 2.50 bits per heavy atom. The molecule has 1 aliphatic carbocycles. The zero-order chi connectivity index (χ0) is 14.2. The highest BCUT2D eigenvalue weighted by Gasteiger charge is 2.27. The molecule has 0 amide bonds. The second-order valence-electron chi connectivity index (χ2n) is 5.77. The van der Waals surface area contributed by atoms with Gasteiger partial charge in [0.1, 0.15) is 0 Å². The molecule has 0 bridgehead atoms. The van der Waals surface area contributed by atoms with Gasteiger partial charge in [-0.15, -0.1) is 6.58 Å². The topological polar surface area (TPSA) is 15.3 Å². The van der Waals surface area contributed by atoms with Gasteiger partial charge in [-0.3, -0.25) is 4.90 Å². The lowest BCUT2D eigenvalue weighted by Crippen LogP contribution is -2.25. The van der Waals surface area contributed by atoms with E-state index in [0.29, 0.717) is 0 Å². The fourth-order valence-electron chi connectivity index (χ4n) is 2.53. The van der Waals surface area contributed by atoms with E-state index in [9.17, 15) is 0 Å². The quantitative estimate of drug-likeness (QED) is 0.519. The number of nitrogens with one attached hydrogen (secondary N) is 1. The van der Waals surface area contributed by atoms with Gasteiger partial charge in [-0.1, -0.05) is 37.3 Å². The van der Waals surface area contributed by atoms with Crippen molar-refractivity contribution in [3.05, 3.63) is 48.0 Å². The van der Waals surface area contributed by atoms with E-state index in [2.05, 4.69) is 48.0 Å². The molecule has 1 saturated carbocycles. The molecule has 2 rings (SSSR count). The third kappa shape index (κ3) is 5.10. The van der Waals surface area contributed by atoms with Crippen molar-refractivity contribution in [2.24, 2.45) is 0 Å². The molecule has 0 aliphatic heterocycles. The second kappa shape index (κ2) is 8.23. The molecule has 0 radical (unpaired) electrons. The largest absolute Gasteiger partial charge is 0.316 e. The standard InChI is InChI=1S/C18H28N2/c1-3-12-19-13-11-16-5-7-17(8-6-16)15-20(14-4-2)18-9-10-18/h4-8,18-19H,2-3,9-15H2,1H3. The summed E-state index contributed by atoms with van der Waals surface area (Å²) < 4.78 is 0. The maximum Gasteiger partial charge on any atom is 0.0239 e. The molecule has 110 valence electrons. The Kier molecular flexibility index (Phi) is 6.28. The number of rotatable bonds is 10. The van der Waals surface area contributed by atoms with E-state index in [-0.39, 0.29) is 0 Å². The van der Waals surface area contributed by atoms with Gasteiger partial charge >= 0.3 is 0 Å². The Hall–Kier alpha value is -1.12. The highest BCUT2D eigenvalue weighted by Crippen LogP contribution is 2.28. The Morgan fingerprint density at radius 2 is 1.90 bits per heavy atom. The minimum absolute atomic E-state index is 0.797. The number of hydrogen-bond donors (Lipinski definition) is 1. The zero-order valence-corrected chi connectivity index (χ0v) is 12.8. The summed E-state index contributed by atoms with van der Waals surface area (Å²) in [5, 5.41) is 3.45. The third-order valence-corrected chi connectivity index (χ3v) is 3.85. The highest BCUT2D eigenvalue weighted by molar-refractivity contribution is 5.23. The van der Waals surface area contributed by atoms with E-state index >= 15 is 0 Å². The molecule has 0 atom stereocenters. The summed E-state index contributed by atoms with van der Waals surface area (Å²) in [4.78, 5) is 2.53. The molecule has 0 spiro atoms. The predicted octanol–water partition coefficient (Wildman–Crippen LogP) is 3.38. The van der Waals surface area contributed by atoms with Crippen LogP contribution < -0.4 is 5.32 Å². The van der Waals surface area contributed by atoms with Gasteiger partial charge < -0.3 is 5.32 Å². The molecular formula is C18H28N2. The minimum Gasteiger partial charge on any atom is -0.316 e. The first-order chi connectivity index (χ1) is 9.83. The summed E-state index contributed by atoms with van der Waals surface area (Å²) >= 11 is 0. The Labute approximate surface area is 123 Å². The van der Waals surface area contributed by atoms with Crippen molar-refractivity contribution >= 4 is 0 Å². The normalized spacial score (nSPS) is 14.7. The van der Waals surface area contributed by atoms with E-state index in [4.69, 9.17) is 0 Å². The monoisotopic (exact) mass is 272 g/mol. The van der Waals surface area contributed by atoms with Crippen LogP contribution in [0, 0.1) is 0 Å². The fourth-order valence-corrected chi connectivity index (χ4v) is 2.53. The lowest BCUT2D eigenvalue weighted by molar-refractivity contribution is 0.284. The summed E-state index contributed by atoms with van der Waals surface area (Å²) in [5.74, 6) is 0. The molecule has 0 unspecified atom stereocenters. The second-order valence-corrected chi connectivity index (χ2v) is 5.77. The van der Waals surface area contributed by atoms with Gasteiger partial charge in [0.2, 0.25) is 0 Å². The van der Waals surface area contributed by atoms with Gasteiger partial charge in [-0.25, -0.2) is 0 Å². The van der Waals surface area contributed by atoms with Crippen LogP contribution in [0.4, 0.5) is 0 Å². The van der Waals surface area contributed by atoms with E-state index in [1.807, 2.05) is 6.08 Å². The SMILES string of the molecule is C=CCN(Cc1ccc(CCNCCC)cc1)C1CC1. The van der Waals surface area contributed by atoms with E-state index < -0.39 is 0 Å². The molecule has 1 N–H and O–H groups in total. The number of hydrogen-bond acceptors (Lipinski definition) is 2. The molecular weight excluding hydrogens is 244 g/mol. The van der Waals surface area contributed by atoms with Crippen molar-refractivity contribution < 1.29 is 0 Å². The van der Waals surface area contributed by atoms with Crippen LogP contribution >= 0.6 is 0 Å². The van der Waals surface area contributed by atoms with Gasteiger partial charge in [0, 0.05) is 19.1 Å². The van der Waals surface area contributed by atoms with Crippen molar-refractivity contribution in [2.45, 2.75) is 45.2 Å². The molecule has 0 heterocycles. The van der Waals surface area contributed by atoms with Crippen LogP contribution in [0.3, 0.4) is 0 Å². The molecule has 0 aromatic heterocycles. The van der Waals surface area contributed by atoms with Gasteiger partial charge in [0.15, 0.2) is 0 Å². The van der Waals surface area contributed by atoms with Crippen LogP contribution in [0.15, 0.2) is 36.9 Å². The zero-order valence-electron chi connectivity index (χ0n) is 12.8. The first-order valence-electron chi connectivity index (χ1n) is 7.97. The smallest absolute Gasteiger partial charge is 0.0239 e. The van der Waals surface area contributed by atoms with Gasteiger partial charge in [-0.2, -0.15) is 0 Å². The molecule has 1 aromatic carbocycles. The first kappa shape index (κ1) is 15.3. The van der Waals surface area contributed by atoms with Gasteiger partial charge in [-0.05, 0) is 49.9 Å². The van der Waals surface area contributed by atoms with Crippen LogP contribution in [-0.4, -0.2) is 30.6 Å². The summed E-state index contributed by atoms with van der Waals surface area (Å²) in [6, 6.07) is 9.93. The fraction of sp³-hybridized carbons (Fsp3) is 0.556. The Morgan fingerprint density at radius 1 is 1.20 bits per heavy atom. The Balaban J connectivity index is 1.79. The van der Waals surface area contributed by atoms with E-state index in [1.54, 1.807) is 0 Å². The van der Waals surface area contributed by atoms with Crippen molar-refractivity contribution in [1.82, 2.24) is 10.2 Å². The predicted molar refractivity (Wildman–Crippen MR) is 86.9 cm³/mol.